The summed E-state index contributed by atoms with van der Waals surface area (Å²) in [5.74, 6) is -0.274. The van der Waals surface area contributed by atoms with E-state index in [9.17, 15) is 4.79 Å². The van der Waals surface area contributed by atoms with Crippen LogP contribution in [0, 0.1) is 0 Å². The molecule has 0 aromatic heterocycles. The highest BCUT2D eigenvalue weighted by molar-refractivity contribution is 9.11. The highest BCUT2D eigenvalue weighted by Gasteiger charge is 2.30. The molecule has 0 amide bonds. The fourth-order valence-corrected chi connectivity index (χ4v) is 6.07. The molecule has 0 aliphatic rings. The van der Waals surface area contributed by atoms with Gasteiger partial charge in [0, 0.05) is 19.6 Å². The summed E-state index contributed by atoms with van der Waals surface area (Å²) in [5.41, 5.74) is 2.12. The summed E-state index contributed by atoms with van der Waals surface area (Å²) >= 11 is 14.4. The van der Waals surface area contributed by atoms with Crippen LogP contribution < -0.4 is 0 Å². The maximum atomic E-state index is 13.9. The third kappa shape index (κ3) is 4.32. The Morgan fingerprint density at radius 3 is 1.50 bits per heavy atom. The van der Waals surface area contributed by atoms with E-state index in [0.717, 1.165) is 41.6 Å². The van der Waals surface area contributed by atoms with Crippen LogP contribution in [0.1, 0.15) is 23.0 Å². The van der Waals surface area contributed by atoms with Crippen LogP contribution in [0.4, 0.5) is 0 Å². The van der Waals surface area contributed by atoms with E-state index in [0.29, 0.717) is 10.7 Å². The van der Waals surface area contributed by atoms with Crippen LogP contribution in [0.3, 0.4) is 0 Å². The number of hydrogen-bond donors (Lipinski definition) is 0. The number of alkyl halides is 2. The van der Waals surface area contributed by atoms with E-state index < -0.39 is 0 Å². The molecule has 5 heteroatoms. The van der Waals surface area contributed by atoms with Crippen LogP contribution in [0.2, 0.25) is 0 Å². The Balaban J connectivity index is 1.83. The molecule has 0 aliphatic heterocycles. The standard InChI is InChI=1S/C25H18Br4O/c26-13-23(19-5-1-3-15-7-9-17(28)11-21(15)19)25(30)24(14-27)20-6-2-4-16-8-10-18(29)12-22(16)20/h1-12,23-24H,13-14H2. The number of halogens is 4. The van der Waals surface area contributed by atoms with Crippen molar-refractivity contribution < 1.29 is 4.79 Å². The minimum absolute atomic E-state index is 0.212. The lowest BCUT2D eigenvalue weighted by molar-refractivity contribution is -0.120. The molecule has 4 aromatic rings. The molecule has 0 heterocycles. The van der Waals surface area contributed by atoms with Gasteiger partial charge in [0.2, 0.25) is 0 Å². The molecule has 152 valence electrons. The SMILES string of the molecule is O=C(C(CBr)c1cccc2ccc(Br)cc12)C(CBr)c1cccc2ccc(Br)cc12. The van der Waals surface area contributed by atoms with Crippen LogP contribution in [-0.4, -0.2) is 16.4 Å². The lowest BCUT2D eigenvalue weighted by atomic mass is 9.82. The molecule has 0 spiro atoms. The van der Waals surface area contributed by atoms with E-state index >= 15 is 0 Å². The van der Waals surface area contributed by atoms with E-state index in [2.05, 4.69) is 112 Å². The van der Waals surface area contributed by atoms with Gasteiger partial charge in [0.15, 0.2) is 0 Å². The van der Waals surface area contributed by atoms with Crippen LogP contribution in [-0.2, 0) is 4.79 Å². The van der Waals surface area contributed by atoms with Gasteiger partial charge in [-0.3, -0.25) is 4.79 Å². The monoisotopic (exact) mass is 650 g/mol. The average Bonchev–Trinajstić information content (AvgIpc) is 2.75. The molecule has 2 unspecified atom stereocenters. The molecule has 0 aliphatic carbocycles. The lowest BCUT2D eigenvalue weighted by Crippen LogP contribution is -2.23. The Morgan fingerprint density at radius 1 is 0.667 bits per heavy atom. The van der Waals surface area contributed by atoms with E-state index in [1.54, 1.807) is 0 Å². The third-order valence-corrected chi connectivity index (χ3v) is 7.78. The zero-order valence-electron chi connectivity index (χ0n) is 15.9. The molecule has 0 radical (unpaired) electrons. The largest absolute Gasteiger partial charge is 0.298 e. The number of fused-ring (bicyclic) bond motifs is 2. The fourth-order valence-electron chi connectivity index (χ4n) is 4.01. The Hall–Kier alpha value is -1.01. The Bertz CT molecular complexity index is 1140. The molecule has 4 rings (SSSR count). The van der Waals surface area contributed by atoms with Crippen molar-refractivity contribution in [2.45, 2.75) is 11.8 Å². The molecule has 0 N–H and O–H groups in total. The fraction of sp³-hybridized carbons (Fsp3) is 0.160. The summed E-state index contributed by atoms with van der Waals surface area (Å²) in [6.07, 6.45) is 0. The van der Waals surface area contributed by atoms with Crippen molar-refractivity contribution in [3.8, 4) is 0 Å². The molecule has 1 nitrogen and oxygen atoms in total. The topological polar surface area (TPSA) is 17.1 Å². The van der Waals surface area contributed by atoms with Gasteiger partial charge in [-0.15, -0.1) is 0 Å². The summed E-state index contributed by atoms with van der Waals surface area (Å²) in [4.78, 5) is 13.9. The second kappa shape index (κ2) is 9.64. The molecule has 0 saturated heterocycles. The summed E-state index contributed by atoms with van der Waals surface area (Å²) in [7, 11) is 0. The smallest absolute Gasteiger partial charge is 0.149 e. The van der Waals surface area contributed by atoms with Crippen molar-refractivity contribution in [3.05, 3.63) is 92.9 Å². The molecule has 0 bridgehead atoms. The van der Waals surface area contributed by atoms with Crippen molar-refractivity contribution in [1.82, 2.24) is 0 Å². The Morgan fingerprint density at radius 2 is 1.10 bits per heavy atom. The van der Waals surface area contributed by atoms with Crippen LogP contribution >= 0.6 is 63.7 Å². The number of ketones is 1. The second-order valence-electron chi connectivity index (χ2n) is 7.24. The zero-order valence-corrected chi connectivity index (χ0v) is 22.3. The predicted octanol–water partition coefficient (Wildman–Crippen LogP) is 8.74. The summed E-state index contributed by atoms with van der Waals surface area (Å²) in [5, 5.41) is 5.65. The van der Waals surface area contributed by atoms with Crippen LogP contribution in [0.25, 0.3) is 21.5 Å². The molecular formula is C25H18Br4O. The van der Waals surface area contributed by atoms with Crippen molar-refractivity contribution >= 4 is 91.0 Å². The predicted molar refractivity (Wildman–Crippen MR) is 141 cm³/mol. The van der Waals surface area contributed by atoms with Gasteiger partial charge < -0.3 is 0 Å². The highest BCUT2D eigenvalue weighted by Crippen LogP contribution is 2.37. The van der Waals surface area contributed by atoms with Gasteiger partial charge in [-0.25, -0.2) is 0 Å². The molecule has 0 saturated carbocycles. The summed E-state index contributed by atoms with van der Waals surface area (Å²) in [6, 6.07) is 24.8. The quantitative estimate of drug-likeness (QED) is 0.190. The number of hydrogen-bond acceptors (Lipinski definition) is 1. The molecule has 2 atom stereocenters. The number of rotatable bonds is 6. The first-order valence-electron chi connectivity index (χ1n) is 9.55. The minimum atomic E-state index is -0.243. The second-order valence-corrected chi connectivity index (χ2v) is 10.4. The first-order valence-corrected chi connectivity index (χ1v) is 13.4. The summed E-state index contributed by atoms with van der Waals surface area (Å²) < 4.78 is 2.03. The van der Waals surface area contributed by atoms with E-state index in [4.69, 9.17) is 0 Å². The van der Waals surface area contributed by atoms with Gasteiger partial charge in [-0.2, -0.15) is 0 Å². The van der Waals surface area contributed by atoms with Gasteiger partial charge in [0.05, 0.1) is 11.8 Å². The normalized spacial score (nSPS) is 13.5. The van der Waals surface area contributed by atoms with Gasteiger partial charge in [-0.05, 0) is 56.9 Å². The van der Waals surface area contributed by atoms with Crippen molar-refractivity contribution in [3.63, 3.8) is 0 Å². The number of carbonyl (C=O) groups excluding carboxylic acids is 1. The summed E-state index contributed by atoms with van der Waals surface area (Å²) in [6.45, 7) is 0. The molecule has 30 heavy (non-hydrogen) atoms. The minimum Gasteiger partial charge on any atom is -0.298 e. The van der Waals surface area contributed by atoms with Gasteiger partial charge in [-0.1, -0.05) is 112 Å². The first-order chi connectivity index (χ1) is 14.5. The number of carbonyl (C=O) groups is 1. The highest BCUT2D eigenvalue weighted by atomic mass is 79.9. The van der Waals surface area contributed by atoms with Gasteiger partial charge in [0.1, 0.15) is 5.78 Å². The maximum Gasteiger partial charge on any atom is 0.149 e. The van der Waals surface area contributed by atoms with Crippen molar-refractivity contribution in [2.75, 3.05) is 10.7 Å². The van der Waals surface area contributed by atoms with Crippen LogP contribution in [0.15, 0.2) is 81.7 Å². The maximum absolute atomic E-state index is 13.9. The van der Waals surface area contributed by atoms with Gasteiger partial charge in [0.25, 0.3) is 0 Å². The molecular weight excluding hydrogens is 636 g/mol. The first kappa shape index (κ1) is 22.2. The molecule has 0 fully saturated rings. The Labute approximate surface area is 209 Å². The van der Waals surface area contributed by atoms with Crippen LogP contribution in [0.5, 0.6) is 0 Å². The van der Waals surface area contributed by atoms with E-state index in [1.165, 1.54) is 0 Å². The van der Waals surface area contributed by atoms with Crippen molar-refractivity contribution in [1.29, 1.82) is 0 Å². The van der Waals surface area contributed by atoms with E-state index in [1.807, 2.05) is 24.3 Å². The molecule has 4 aromatic carbocycles. The average molecular weight is 654 g/mol. The van der Waals surface area contributed by atoms with Crippen molar-refractivity contribution in [2.24, 2.45) is 0 Å². The number of Topliss-reactive ketones (excluding diaryl/α,β-unsaturated/α-hetero) is 1. The third-order valence-electron chi connectivity index (χ3n) is 5.50. The lowest BCUT2D eigenvalue weighted by Gasteiger charge is -2.23. The number of benzene rings is 4. The zero-order chi connectivity index (χ0) is 21.3. The van der Waals surface area contributed by atoms with Gasteiger partial charge >= 0.3 is 0 Å². The van der Waals surface area contributed by atoms with E-state index in [-0.39, 0.29) is 17.6 Å². The Kier molecular flexibility index (Phi) is 7.13.